The Morgan fingerprint density at radius 1 is 1.32 bits per heavy atom. The minimum Gasteiger partial charge on any atom is -0.464 e. The predicted molar refractivity (Wildman–Crippen MR) is 76.7 cm³/mol. The van der Waals surface area contributed by atoms with Crippen LogP contribution in [0.2, 0.25) is 0 Å². The Balaban J connectivity index is 3.51. The molecule has 0 bridgehead atoms. The van der Waals surface area contributed by atoms with Crippen LogP contribution in [0.4, 0.5) is 0 Å². The number of esters is 1. The predicted octanol–water partition coefficient (Wildman–Crippen LogP) is 0.901. The maximum absolute atomic E-state index is 11.5. The number of nitrogens with one attached hydrogen (secondary N) is 1. The van der Waals surface area contributed by atoms with Crippen molar-refractivity contribution in [1.82, 2.24) is 5.32 Å². The number of hydrogen-bond donors (Lipinski definition) is 3. The molecule has 0 amide bonds. The zero-order valence-electron chi connectivity index (χ0n) is 12.5. The first-order chi connectivity index (χ1) is 8.97. The number of carbonyl (C=O) groups excluding carboxylic acids is 1. The molecule has 4 N–H and O–H groups in total. The van der Waals surface area contributed by atoms with Crippen LogP contribution >= 0.6 is 0 Å². The Hall–Kier alpha value is -0.650. The number of carbonyl (C=O) groups is 1. The van der Waals surface area contributed by atoms with Crippen LogP contribution in [0, 0.1) is 11.8 Å². The zero-order chi connectivity index (χ0) is 14.7. The summed E-state index contributed by atoms with van der Waals surface area (Å²) in [5.41, 5.74) is 5.75. The third-order valence-electron chi connectivity index (χ3n) is 2.80. The molecular weight excluding hydrogens is 244 g/mol. The van der Waals surface area contributed by atoms with Crippen LogP contribution in [0.3, 0.4) is 0 Å². The van der Waals surface area contributed by atoms with E-state index in [0.29, 0.717) is 12.3 Å². The van der Waals surface area contributed by atoms with E-state index >= 15 is 0 Å². The fourth-order valence-electron chi connectivity index (χ4n) is 1.51. The van der Waals surface area contributed by atoms with Crippen LogP contribution in [0.15, 0.2) is 0 Å². The average molecular weight is 274 g/mol. The van der Waals surface area contributed by atoms with E-state index in [1.54, 1.807) is 0 Å². The van der Waals surface area contributed by atoms with Gasteiger partial charge in [-0.05, 0) is 31.8 Å². The number of aliphatic hydroxyl groups is 1. The standard InChI is InChI=1S/C14H30N2O3/c1-11(2)8-16-7-5-4-6-13(15)14(18)19-10-12(3)9-17/h11-13,16-17H,4-10,15H2,1-3H3/t12?,13-/m0/s1. The van der Waals surface area contributed by atoms with Gasteiger partial charge in [-0.2, -0.15) is 0 Å². The first-order valence-corrected chi connectivity index (χ1v) is 7.21. The molecule has 19 heavy (non-hydrogen) atoms. The Kier molecular flexibility index (Phi) is 10.8. The molecule has 5 heteroatoms. The third-order valence-corrected chi connectivity index (χ3v) is 2.80. The highest BCUT2D eigenvalue weighted by atomic mass is 16.5. The fourth-order valence-corrected chi connectivity index (χ4v) is 1.51. The number of rotatable bonds is 11. The maximum atomic E-state index is 11.5. The van der Waals surface area contributed by atoms with Crippen molar-refractivity contribution in [2.75, 3.05) is 26.3 Å². The van der Waals surface area contributed by atoms with Crippen LogP contribution in [-0.4, -0.2) is 43.4 Å². The molecule has 0 aromatic carbocycles. The molecule has 0 aliphatic carbocycles. The number of ether oxygens (including phenoxy) is 1. The monoisotopic (exact) mass is 274 g/mol. The zero-order valence-corrected chi connectivity index (χ0v) is 12.5. The van der Waals surface area contributed by atoms with E-state index in [4.69, 9.17) is 15.6 Å². The van der Waals surface area contributed by atoms with E-state index in [1.165, 1.54) is 0 Å². The Bertz CT molecular complexity index is 235. The summed E-state index contributed by atoms with van der Waals surface area (Å²) < 4.78 is 5.03. The number of nitrogens with two attached hydrogens (primary N) is 1. The first kappa shape index (κ1) is 18.4. The lowest BCUT2D eigenvalue weighted by atomic mass is 10.1. The van der Waals surface area contributed by atoms with Gasteiger partial charge in [0.2, 0.25) is 0 Å². The maximum Gasteiger partial charge on any atom is 0.322 e. The van der Waals surface area contributed by atoms with Crippen molar-refractivity contribution < 1.29 is 14.6 Å². The summed E-state index contributed by atoms with van der Waals surface area (Å²) in [5.74, 6) is 0.262. The molecule has 0 saturated carbocycles. The summed E-state index contributed by atoms with van der Waals surface area (Å²) in [4.78, 5) is 11.5. The molecule has 5 nitrogen and oxygen atoms in total. The summed E-state index contributed by atoms with van der Waals surface area (Å²) in [7, 11) is 0. The van der Waals surface area contributed by atoms with Gasteiger partial charge in [-0.1, -0.05) is 27.2 Å². The van der Waals surface area contributed by atoms with Crippen LogP contribution in [0.5, 0.6) is 0 Å². The van der Waals surface area contributed by atoms with E-state index < -0.39 is 6.04 Å². The molecule has 0 fully saturated rings. The van der Waals surface area contributed by atoms with Gasteiger partial charge in [0.05, 0.1) is 6.61 Å². The molecule has 1 unspecified atom stereocenters. The Labute approximate surface area is 116 Å². The Morgan fingerprint density at radius 2 is 2.00 bits per heavy atom. The number of hydrogen-bond acceptors (Lipinski definition) is 5. The number of unbranched alkanes of at least 4 members (excludes halogenated alkanes) is 1. The number of aliphatic hydroxyl groups excluding tert-OH is 1. The summed E-state index contributed by atoms with van der Waals surface area (Å²) in [5, 5.41) is 12.2. The van der Waals surface area contributed by atoms with Crippen LogP contribution < -0.4 is 11.1 Å². The molecule has 0 aliphatic heterocycles. The van der Waals surface area contributed by atoms with E-state index in [2.05, 4.69) is 19.2 Å². The lowest BCUT2D eigenvalue weighted by molar-refractivity contribution is -0.147. The van der Waals surface area contributed by atoms with Gasteiger partial charge in [-0.15, -0.1) is 0 Å². The Morgan fingerprint density at radius 3 is 2.58 bits per heavy atom. The molecule has 0 aliphatic rings. The molecule has 0 aromatic rings. The minimum atomic E-state index is -0.545. The van der Waals surface area contributed by atoms with E-state index in [-0.39, 0.29) is 25.1 Å². The second kappa shape index (κ2) is 11.2. The van der Waals surface area contributed by atoms with Gasteiger partial charge in [0, 0.05) is 12.5 Å². The van der Waals surface area contributed by atoms with E-state index in [1.807, 2.05) is 6.92 Å². The molecule has 0 radical (unpaired) electrons. The van der Waals surface area contributed by atoms with Gasteiger partial charge in [0.1, 0.15) is 6.04 Å². The highest BCUT2D eigenvalue weighted by molar-refractivity contribution is 5.75. The molecule has 0 saturated heterocycles. The molecule has 0 rings (SSSR count). The minimum absolute atomic E-state index is 0.0179. The highest BCUT2D eigenvalue weighted by Crippen LogP contribution is 2.02. The molecule has 0 heterocycles. The van der Waals surface area contributed by atoms with E-state index in [9.17, 15) is 4.79 Å². The normalized spacial score (nSPS) is 14.4. The van der Waals surface area contributed by atoms with Crippen LogP contribution in [0.25, 0.3) is 0 Å². The van der Waals surface area contributed by atoms with Gasteiger partial charge < -0.3 is 20.9 Å². The van der Waals surface area contributed by atoms with Crippen molar-refractivity contribution in [3.63, 3.8) is 0 Å². The molecule has 0 aromatic heterocycles. The lowest BCUT2D eigenvalue weighted by Crippen LogP contribution is -2.33. The van der Waals surface area contributed by atoms with Crippen molar-refractivity contribution in [2.45, 2.75) is 46.1 Å². The van der Waals surface area contributed by atoms with Gasteiger partial charge in [0.15, 0.2) is 0 Å². The van der Waals surface area contributed by atoms with Crippen molar-refractivity contribution in [1.29, 1.82) is 0 Å². The summed E-state index contributed by atoms with van der Waals surface area (Å²) in [6.07, 6.45) is 2.58. The highest BCUT2D eigenvalue weighted by Gasteiger charge is 2.15. The average Bonchev–Trinajstić information content (AvgIpc) is 2.38. The van der Waals surface area contributed by atoms with Gasteiger partial charge >= 0.3 is 5.97 Å². The van der Waals surface area contributed by atoms with Gasteiger partial charge in [-0.25, -0.2) is 0 Å². The largest absolute Gasteiger partial charge is 0.464 e. The lowest BCUT2D eigenvalue weighted by Gasteiger charge is -2.14. The second-order valence-electron chi connectivity index (χ2n) is 5.62. The summed E-state index contributed by atoms with van der Waals surface area (Å²) >= 11 is 0. The van der Waals surface area contributed by atoms with Crippen molar-refractivity contribution in [3.05, 3.63) is 0 Å². The van der Waals surface area contributed by atoms with Crippen molar-refractivity contribution in [2.24, 2.45) is 17.6 Å². The second-order valence-corrected chi connectivity index (χ2v) is 5.62. The molecule has 0 spiro atoms. The quantitative estimate of drug-likeness (QED) is 0.385. The van der Waals surface area contributed by atoms with Crippen molar-refractivity contribution >= 4 is 5.97 Å². The fraction of sp³-hybridized carbons (Fsp3) is 0.929. The first-order valence-electron chi connectivity index (χ1n) is 7.21. The molecule has 2 atom stereocenters. The van der Waals surface area contributed by atoms with E-state index in [0.717, 1.165) is 25.9 Å². The van der Waals surface area contributed by atoms with Crippen LogP contribution in [-0.2, 0) is 9.53 Å². The summed E-state index contributed by atoms with van der Waals surface area (Å²) in [6.45, 7) is 8.40. The smallest absolute Gasteiger partial charge is 0.322 e. The van der Waals surface area contributed by atoms with Crippen LogP contribution in [0.1, 0.15) is 40.0 Å². The molecule has 114 valence electrons. The van der Waals surface area contributed by atoms with Gasteiger partial charge in [-0.3, -0.25) is 4.79 Å². The van der Waals surface area contributed by atoms with Gasteiger partial charge in [0.25, 0.3) is 0 Å². The topological polar surface area (TPSA) is 84.6 Å². The SMILES string of the molecule is CC(C)CNCCCC[C@H](N)C(=O)OCC(C)CO. The summed E-state index contributed by atoms with van der Waals surface area (Å²) in [6, 6.07) is -0.545. The molecular formula is C14H30N2O3. The third kappa shape index (κ3) is 10.9. The van der Waals surface area contributed by atoms with Crippen molar-refractivity contribution in [3.8, 4) is 0 Å².